The highest BCUT2D eigenvalue weighted by Crippen LogP contribution is 2.40. The van der Waals surface area contributed by atoms with Crippen molar-refractivity contribution in [1.29, 1.82) is 0 Å². The Morgan fingerprint density at radius 2 is 0.909 bits per heavy atom. The zero-order valence-electron chi connectivity index (χ0n) is 17.9. The van der Waals surface area contributed by atoms with E-state index in [2.05, 4.69) is 0 Å². The molecule has 0 aliphatic rings. The fraction of sp³-hybridized carbons (Fsp3) is 0.0769. The number of rotatable bonds is 4. The third kappa shape index (κ3) is 4.10. The molecule has 0 aromatic heterocycles. The van der Waals surface area contributed by atoms with Crippen LogP contribution in [0.15, 0.2) is 82.6 Å². The summed E-state index contributed by atoms with van der Waals surface area (Å²) in [5.41, 5.74) is 3.27. The summed E-state index contributed by atoms with van der Waals surface area (Å²) < 4.78 is 27.8. The minimum atomic E-state index is -4.06. The Kier molecular flexibility index (Phi) is 5.51. The molecule has 7 heteroatoms. The van der Waals surface area contributed by atoms with Crippen LogP contribution >= 0.6 is 0 Å². The average Bonchev–Trinajstić information content (AvgIpc) is 2.77. The molecule has 0 heterocycles. The van der Waals surface area contributed by atoms with Crippen LogP contribution in [0.3, 0.4) is 0 Å². The molecule has 168 valence electrons. The Hall–Kier alpha value is -3.97. The van der Waals surface area contributed by atoms with Crippen LogP contribution in [0.4, 0.5) is 0 Å². The van der Waals surface area contributed by atoms with Gasteiger partial charge in [0.15, 0.2) is 23.0 Å². The predicted molar refractivity (Wildman–Crippen MR) is 125 cm³/mol. The second kappa shape index (κ2) is 8.18. The molecule has 0 radical (unpaired) electrons. The molecule has 4 aromatic carbocycles. The monoisotopic (exact) mass is 462 g/mol. The van der Waals surface area contributed by atoms with Crippen molar-refractivity contribution in [3.05, 3.63) is 83.9 Å². The van der Waals surface area contributed by atoms with Crippen molar-refractivity contribution < 1.29 is 28.8 Å². The van der Waals surface area contributed by atoms with E-state index in [4.69, 9.17) is 0 Å². The maximum atomic E-state index is 13.9. The van der Waals surface area contributed by atoms with Crippen molar-refractivity contribution in [2.24, 2.45) is 0 Å². The smallest absolute Gasteiger partial charge is 0.207 e. The summed E-state index contributed by atoms with van der Waals surface area (Å²) in [7, 11) is -4.06. The Balaban J connectivity index is 1.97. The van der Waals surface area contributed by atoms with Crippen LogP contribution in [0, 0.1) is 13.8 Å². The van der Waals surface area contributed by atoms with Gasteiger partial charge in [0.1, 0.15) is 0 Å². The number of hydrogen-bond acceptors (Lipinski definition) is 6. The van der Waals surface area contributed by atoms with Gasteiger partial charge in [0.05, 0.1) is 9.79 Å². The van der Waals surface area contributed by atoms with Crippen molar-refractivity contribution in [2.75, 3.05) is 0 Å². The molecule has 0 aliphatic heterocycles. The van der Waals surface area contributed by atoms with Gasteiger partial charge < -0.3 is 20.4 Å². The molecule has 0 saturated carbocycles. The summed E-state index contributed by atoms with van der Waals surface area (Å²) >= 11 is 0. The molecule has 6 nitrogen and oxygen atoms in total. The molecule has 0 atom stereocenters. The van der Waals surface area contributed by atoms with Gasteiger partial charge in [0.25, 0.3) is 0 Å². The van der Waals surface area contributed by atoms with E-state index in [0.717, 1.165) is 11.1 Å². The lowest BCUT2D eigenvalue weighted by Crippen LogP contribution is -2.06. The maximum Gasteiger partial charge on any atom is 0.207 e. The molecule has 0 aliphatic carbocycles. The highest BCUT2D eigenvalue weighted by molar-refractivity contribution is 7.91. The Bertz CT molecular complexity index is 1380. The van der Waals surface area contributed by atoms with Crippen molar-refractivity contribution in [1.82, 2.24) is 0 Å². The van der Waals surface area contributed by atoms with Crippen molar-refractivity contribution in [3.8, 4) is 45.3 Å². The summed E-state index contributed by atoms with van der Waals surface area (Å²) in [6, 6.07) is 18.2. The second-order valence-electron chi connectivity index (χ2n) is 7.91. The summed E-state index contributed by atoms with van der Waals surface area (Å²) in [4.78, 5) is 0.0672. The minimum Gasteiger partial charge on any atom is -0.504 e. The van der Waals surface area contributed by atoms with E-state index in [-0.39, 0.29) is 32.8 Å². The van der Waals surface area contributed by atoms with E-state index in [9.17, 15) is 28.8 Å². The number of aryl methyl sites for hydroxylation is 2. The lowest BCUT2D eigenvalue weighted by molar-refractivity contribution is 0.404. The standard InChI is InChI=1S/C26H22O6S/c1-15-3-9-25(19(11-15)17-5-7-21(27)23(29)13-17)33(31,32)26-10-4-16(2)12-20(26)18-6-8-22(28)24(30)14-18/h3-14,27-30H,1-2H3. The van der Waals surface area contributed by atoms with E-state index in [1.54, 1.807) is 24.3 Å². The number of sulfone groups is 1. The molecular weight excluding hydrogens is 440 g/mol. The molecule has 0 saturated heterocycles. The number of hydrogen-bond donors (Lipinski definition) is 4. The van der Waals surface area contributed by atoms with Crippen LogP contribution < -0.4 is 0 Å². The highest BCUT2D eigenvalue weighted by atomic mass is 32.2. The lowest BCUT2D eigenvalue weighted by Gasteiger charge is -2.16. The van der Waals surface area contributed by atoms with Crippen LogP contribution in [0.25, 0.3) is 22.3 Å². The van der Waals surface area contributed by atoms with Crippen LogP contribution in [-0.4, -0.2) is 28.8 Å². The Labute approximate surface area is 191 Å². The second-order valence-corrected chi connectivity index (χ2v) is 9.80. The summed E-state index contributed by atoms with van der Waals surface area (Å²) in [5, 5.41) is 39.3. The number of phenols is 4. The van der Waals surface area contributed by atoms with Gasteiger partial charge in [-0.25, -0.2) is 8.42 Å². The lowest BCUT2D eigenvalue weighted by atomic mass is 10.0. The first kappa shape index (κ1) is 22.2. The summed E-state index contributed by atoms with van der Waals surface area (Å²) in [6.45, 7) is 3.66. The quantitative estimate of drug-likeness (QED) is 0.306. The zero-order valence-corrected chi connectivity index (χ0v) is 18.8. The van der Waals surface area contributed by atoms with Crippen LogP contribution in [0.1, 0.15) is 11.1 Å². The maximum absolute atomic E-state index is 13.9. The predicted octanol–water partition coefficient (Wildman–Crippen LogP) is 5.29. The number of benzene rings is 4. The van der Waals surface area contributed by atoms with Gasteiger partial charge in [-0.1, -0.05) is 47.5 Å². The van der Waals surface area contributed by atoms with Crippen LogP contribution in [0.2, 0.25) is 0 Å². The van der Waals surface area contributed by atoms with Gasteiger partial charge in [-0.3, -0.25) is 0 Å². The minimum absolute atomic E-state index is 0.0336. The van der Waals surface area contributed by atoms with Crippen molar-refractivity contribution in [2.45, 2.75) is 23.6 Å². The van der Waals surface area contributed by atoms with Gasteiger partial charge in [0, 0.05) is 11.1 Å². The first-order valence-corrected chi connectivity index (χ1v) is 11.6. The van der Waals surface area contributed by atoms with Crippen molar-refractivity contribution in [3.63, 3.8) is 0 Å². The van der Waals surface area contributed by atoms with Crippen LogP contribution in [-0.2, 0) is 9.84 Å². The van der Waals surface area contributed by atoms with Gasteiger partial charge in [-0.15, -0.1) is 0 Å². The van der Waals surface area contributed by atoms with Gasteiger partial charge in [-0.05, 0) is 61.4 Å². The van der Waals surface area contributed by atoms with E-state index >= 15 is 0 Å². The molecule has 33 heavy (non-hydrogen) atoms. The molecular formula is C26H22O6S. The third-order valence-corrected chi connectivity index (χ3v) is 7.29. The SMILES string of the molecule is Cc1ccc(S(=O)(=O)c2ccc(C)cc2-c2ccc(O)c(O)c2)c(-c2ccc(O)c(O)c2)c1. The van der Waals surface area contributed by atoms with Gasteiger partial charge >= 0.3 is 0 Å². The fourth-order valence-corrected chi connectivity index (χ4v) is 5.37. The number of aromatic hydroxyl groups is 4. The first-order valence-electron chi connectivity index (χ1n) is 10.1. The van der Waals surface area contributed by atoms with Crippen LogP contribution in [0.5, 0.6) is 23.0 Å². The summed E-state index contributed by atoms with van der Waals surface area (Å²) in [6.07, 6.45) is 0. The molecule has 0 amide bonds. The van der Waals surface area contributed by atoms with E-state index in [1.165, 1.54) is 48.5 Å². The largest absolute Gasteiger partial charge is 0.504 e. The number of phenolic OH excluding ortho intramolecular Hbond substituents is 4. The fourth-order valence-electron chi connectivity index (χ4n) is 3.71. The van der Waals surface area contributed by atoms with Gasteiger partial charge in [-0.2, -0.15) is 0 Å². The average molecular weight is 463 g/mol. The molecule has 4 rings (SSSR count). The Morgan fingerprint density at radius 3 is 1.27 bits per heavy atom. The zero-order chi connectivity index (χ0) is 23.9. The molecule has 0 fully saturated rings. The van der Waals surface area contributed by atoms with E-state index in [0.29, 0.717) is 22.3 Å². The topological polar surface area (TPSA) is 115 Å². The molecule has 0 bridgehead atoms. The first-order chi connectivity index (χ1) is 15.6. The summed E-state index contributed by atoms with van der Waals surface area (Å²) in [5.74, 6) is -1.31. The van der Waals surface area contributed by atoms with Gasteiger partial charge in [0.2, 0.25) is 9.84 Å². The van der Waals surface area contributed by atoms with E-state index < -0.39 is 9.84 Å². The molecule has 0 unspecified atom stereocenters. The third-order valence-electron chi connectivity index (χ3n) is 5.42. The molecule has 4 aromatic rings. The molecule has 0 spiro atoms. The normalized spacial score (nSPS) is 11.5. The van der Waals surface area contributed by atoms with Crippen molar-refractivity contribution >= 4 is 9.84 Å². The van der Waals surface area contributed by atoms with E-state index in [1.807, 2.05) is 13.8 Å². The molecule has 4 N–H and O–H groups in total. The highest BCUT2D eigenvalue weighted by Gasteiger charge is 2.26. The Morgan fingerprint density at radius 1 is 0.515 bits per heavy atom.